The van der Waals surface area contributed by atoms with E-state index in [9.17, 15) is 0 Å². The average Bonchev–Trinajstić information content (AvgIpc) is 2.53. The molecule has 0 heterocycles. The molecule has 0 aromatic heterocycles. The van der Waals surface area contributed by atoms with Crippen molar-refractivity contribution in [3.05, 3.63) is 35.4 Å². The second kappa shape index (κ2) is 5.41. The Kier molecular flexibility index (Phi) is 3.48. The van der Waals surface area contributed by atoms with Crippen molar-refractivity contribution in [2.75, 3.05) is 7.11 Å². The lowest BCUT2D eigenvalue weighted by atomic mass is 9.48. The highest BCUT2D eigenvalue weighted by Crippen LogP contribution is 2.62. The van der Waals surface area contributed by atoms with Gasteiger partial charge in [-0.2, -0.15) is 5.26 Å². The Hall–Kier alpha value is -1.75. The third-order valence-corrected chi connectivity index (χ3v) is 6.55. The van der Waals surface area contributed by atoms with Crippen molar-refractivity contribution in [1.82, 2.24) is 0 Å². The van der Waals surface area contributed by atoms with Gasteiger partial charge in [-0.25, -0.2) is 0 Å². The summed E-state index contributed by atoms with van der Waals surface area (Å²) in [7, 11) is 1.79. The summed E-state index contributed by atoms with van der Waals surface area (Å²) in [4.78, 5) is 0. The van der Waals surface area contributed by atoms with E-state index < -0.39 is 0 Å². The summed E-state index contributed by atoms with van der Waals surface area (Å²) in [6.07, 6.45) is 10.0. The fourth-order valence-corrected chi connectivity index (χ4v) is 5.99. The van der Waals surface area contributed by atoms with Gasteiger partial charge in [0.05, 0.1) is 13.2 Å². The Morgan fingerprint density at radius 3 is 2.30 bits per heavy atom. The molecule has 1 aromatic carbocycles. The van der Waals surface area contributed by atoms with Crippen molar-refractivity contribution in [2.45, 2.75) is 50.9 Å². The van der Waals surface area contributed by atoms with Gasteiger partial charge in [0.25, 0.3) is 0 Å². The lowest BCUT2D eigenvalue weighted by Gasteiger charge is -2.57. The van der Waals surface area contributed by atoms with Crippen LogP contribution in [0.15, 0.2) is 24.3 Å². The molecule has 0 aliphatic heterocycles. The monoisotopic (exact) mass is 307 g/mol. The molecule has 4 bridgehead atoms. The van der Waals surface area contributed by atoms with Gasteiger partial charge in [-0.1, -0.05) is 6.07 Å². The van der Waals surface area contributed by atoms with Gasteiger partial charge in [-0.3, -0.25) is 0 Å². The first-order valence-electron chi connectivity index (χ1n) is 8.89. The SMILES string of the molecule is COc1ccc(C(C)=CC#N)cc1C12CC3CC(CC(C3)C1)C2. The number of benzene rings is 1. The molecule has 0 N–H and O–H groups in total. The molecular formula is C21H25NO. The van der Waals surface area contributed by atoms with E-state index in [4.69, 9.17) is 10.00 Å². The lowest BCUT2D eigenvalue weighted by molar-refractivity contribution is -0.00616. The van der Waals surface area contributed by atoms with E-state index in [0.29, 0.717) is 5.41 Å². The second-order valence-corrected chi connectivity index (χ2v) is 8.07. The Morgan fingerprint density at radius 2 is 1.78 bits per heavy atom. The average molecular weight is 307 g/mol. The maximum atomic E-state index is 8.95. The van der Waals surface area contributed by atoms with Gasteiger partial charge in [-0.15, -0.1) is 0 Å². The Labute approximate surface area is 139 Å². The van der Waals surface area contributed by atoms with Gasteiger partial charge in [0.1, 0.15) is 5.75 Å². The molecule has 0 spiro atoms. The summed E-state index contributed by atoms with van der Waals surface area (Å²) in [6.45, 7) is 2.02. The number of nitrogens with zero attached hydrogens (tertiary/aromatic N) is 1. The van der Waals surface area contributed by atoms with E-state index in [1.165, 1.54) is 44.1 Å². The molecular weight excluding hydrogens is 282 g/mol. The van der Waals surface area contributed by atoms with Crippen LogP contribution in [0, 0.1) is 29.1 Å². The lowest BCUT2D eigenvalue weighted by Crippen LogP contribution is -2.48. The van der Waals surface area contributed by atoms with Crippen LogP contribution in [0.25, 0.3) is 5.57 Å². The van der Waals surface area contributed by atoms with E-state index in [-0.39, 0.29) is 0 Å². The van der Waals surface area contributed by atoms with Crippen LogP contribution in [0.2, 0.25) is 0 Å². The van der Waals surface area contributed by atoms with Gasteiger partial charge >= 0.3 is 0 Å². The fraction of sp³-hybridized carbons (Fsp3) is 0.571. The standard InChI is InChI=1S/C21H25NO/c1-14(5-6-22)18-3-4-20(23-2)19(10-18)21-11-15-7-16(12-21)9-17(8-15)13-21/h3-5,10,15-17H,7-9,11-13H2,1-2H3. The zero-order valence-corrected chi connectivity index (χ0v) is 14.1. The van der Waals surface area contributed by atoms with Gasteiger partial charge in [0.2, 0.25) is 0 Å². The minimum absolute atomic E-state index is 0.322. The summed E-state index contributed by atoms with van der Waals surface area (Å²) in [5, 5.41) is 8.95. The molecule has 1 aromatic rings. The Bertz CT molecular complexity index is 659. The van der Waals surface area contributed by atoms with E-state index in [2.05, 4.69) is 24.3 Å². The highest BCUT2D eigenvalue weighted by atomic mass is 16.5. The minimum Gasteiger partial charge on any atom is -0.496 e. The first kappa shape index (κ1) is 14.8. The third kappa shape index (κ3) is 2.38. The van der Waals surface area contributed by atoms with E-state index >= 15 is 0 Å². The van der Waals surface area contributed by atoms with Crippen LogP contribution in [0.3, 0.4) is 0 Å². The number of allylic oxidation sites excluding steroid dienone is 2. The number of rotatable bonds is 3. The molecule has 0 saturated heterocycles. The summed E-state index contributed by atoms with van der Waals surface area (Å²) in [6, 6.07) is 8.67. The molecule has 120 valence electrons. The fourth-order valence-electron chi connectivity index (χ4n) is 5.99. The van der Waals surface area contributed by atoms with Gasteiger partial charge < -0.3 is 4.74 Å². The molecule has 4 aliphatic carbocycles. The number of ether oxygens (including phenoxy) is 1. The number of nitriles is 1. The normalized spacial score (nSPS) is 35.2. The zero-order valence-electron chi connectivity index (χ0n) is 14.1. The predicted molar refractivity (Wildman–Crippen MR) is 92.1 cm³/mol. The molecule has 4 fully saturated rings. The highest BCUT2D eigenvalue weighted by molar-refractivity contribution is 5.68. The maximum Gasteiger partial charge on any atom is 0.122 e. The number of hydrogen-bond acceptors (Lipinski definition) is 2. The summed E-state index contributed by atoms with van der Waals surface area (Å²) in [5.74, 6) is 3.81. The van der Waals surface area contributed by atoms with Gasteiger partial charge in [0.15, 0.2) is 0 Å². The second-order valence-electron chi connectivity index (χ2n) is 8.07. The van der Waals surface area contributed by atoms with E-state index in [1.807, 2.05) is 6.92 Å². The molecule has 4 aliphatic rings. The largest absolute Gasteiger partial charge is 0.496 e. The molecule has 4 saturated carbocycles. The van der Waals surface area contributed by atoms with E-state index in [0.717, 1.165) is 34.6 Å². The van der Waals surface area contributed by atoms with Crippen molar-refractivity contribution in [3.8, 4) is 11.8 Å². The maximum absolute atomic E-state index is 8.95. The molecule has 5 rings (SSSR count). The zero-order chi connectivity index (χ0) is 16.0. The smallest absolute Gasteiger partial charge is 0.122 e. The molecule has 2 nitrogen and oxygen atoms in total. The quantitative estimate of drug-likeness (QED) is 0.729. The molecule has 0 radical (unpaired) electrons. The number of hydrogen-bond donors (Lipinski definition) is 0. The summed E-state index contributed by atoms with van der Waals surface area (Å²) >= 11 is 0. The van der Waals surface area contributed by atoms with Crippen LogP contribution in [0.1, 0.15) is 56.6 Å². The van der Waals surface area contributed by atoms with Crippen LogP contribution in [-0.2, 0) is 5.41 Å². The van der Waals surface area contributed by atoms with Crippen molar-refractivity contribution in [3.63, 3.8) is 0 Å². The van der Waals surface area contributed by atoms with Crippen LogP contribution in [0.4, 0.5) is 0 Å². The molecule has 2 heteroatoms. The molecule has 0 unspecified atom stereocenters. The van der Waals surface area contributed by atoms with E-state index in [1.54, 1.807) is 13.2 Å². The molecule has 0 atom stereocenters. The molecule has 23 heavy (non-hydrogen) atoms. The minimum atomic E-state index is 0.322. The van der Waals surface area contributed by atoms with Crippen LogP contribution >= 0.6 is 0 Å². The Balaban J connectivity index is 1.80. The van der Waals surface area contributed by atoms with Crippen LogP contribution < -0.4 is 4.74 Å². The highest BCUT2D eigenvalue weighted by Gasteiger charge is 2.52. The van der Waals surface area contributed by atoms with Crippen molar-refractivity contribution >= 4 is 5.57 Å². The van der Waals surface area contributed by atoms with Crippen LogP contribution in [-0.4, -0.2) is 7.11 Å². The topological polar surface area (TPSA) is 33.0 Å². The Morgan fingerprint density at radius 1 is 1.17 bits per heavy atom. The van der Waals surface area contributed by atoms with Crippen molar-refractivity contribution < 1.29 is 4.74 Å². The van der Waals surface area contributed by atoms with Gasteiger partial charge in [0, 0.05) is 11.6 Å². The summed E-state index contributed by atoms with van der Waals surface area (Å²) in [5.41, 5.74) is 3.93. The van der Waals surface area contributed by atoms with Crippen molar-refractivity contribution in [2.24, 2.45) is 17.8 Å². The predicted octanol–water partition coefficient (Wildman–Crippen LogP) is 5.09. The number of methoxy groups -OCH3 is 1. The van der Waals surface area contributed by atoms with Gasteiger partial charge in [-0.05, 0) is 91.9 Å². The van der Waals surface area contributed by atoms with Crippen molar-refractivity contribution in [1.29, 1.82) is 5.26 Å². The first-order chi connectivity index (χ1) is 11.1. The summed E-state index contributed by atoms with van der Waals surface area (Å²) < 4.78 is 5.75. The first-order valence-corrected chi connectivity index (χ1v) is 8.89. The molecule has 0 amide bonds. The van der Waals surface area contributed by atoms with Crippen LogP contribution in [0.5, 0.6) is 5.75 Å². The third-order valence-electron chi connectivity index (χ3n) is 6.55.